The van der Waals surface area contributed by atoms with Crippen LogP contribution in [0.1, 0.15) is 26.4 Å². The minimum atomic E-state index is -0.439. The highest BCUT2D eigenvalue weighted by atomic mass is 16.5. The van der Waals surface area contributed by atoms with E-state index in [1.165, 1.54) is 19.4 Å². The molecule has 0 unspecified atom stereocenters. The summed E-state index contributed by atoms with van der Waals surface area (Å²) in [6.45, 7) is 1.98. The van der Waals surface area contributed by atoms with Crippen molar-refractivity contribution in [1.29, 1.82) is 0 Å². The predicted octanol–water partition coefficient (Wildman–Crippen LogP) is 3.57. The minimum Gasteiger partial charge on any atom is -0.465 e. The molecule has 1 aromatic heterocycles. The molecule has 0 saturated heterocycles. The average Bonchev–Trinajstić information content (AvgIpc) is 2.69. The summed E-state index contributed by atoms with van der Waals surface area (Å²) in [6.07, 6.45) is 1.49. The van der Waals surface area contributed by atoms with Gasteiger partial charge in [-0.25, -0.2) is 14.8 Å². The lowest BCUT2D eigenvalue weighted by molar-refractivity contribution is 0.0600. The zero-order chi connectivity index (χ0) is 19.2. The van der Waals surface area contributed by atoms with Crippen LogP contribution < -0.4 is 10.6 Å². The summed E-state index contributed by atoms with van der Waals surface area (Å²) in [5.74, 6) is -0.535. The van der Waals surface area contributed by atoms with Crippen LogP contribution in [-0.2, 0) is 4.74 Å². The number of anilines is 3. The molecule has 0 atom stereocenters. The highest BCUT2D eigenvalue weighted by Gasteiger charge is 2.10. The summed E-state index contributed by atoms with van der Waals surface area (Å²) >= 11 is 0. The van der Waals surface area contributed by atoms with E-state index in [9.17, 15) is 9.59 Å². The predicted molar refractivity (Wildman–Crippen MR) is 102 cm³/mol. The number of carbonyl (C=O) groups is 2. The van der Waals surface area contributed by atoms with Crippen LogP contribution in [0.15, 0.2) is 60.8 Å². The lowest BCUT2D eigenvalue weighted by Gasteiger charge is -2.08. The molecule has 1 amide bonds. The first-order valence-corrected chi connectivity index (χ1v) is 8.21. The van der Waals surface area contributed by atoms with Gasteiger partial charge in [0, 0.05) is 17.6 Å². The van der Waals surface area contributed by atoms with Crippen molar-refractivity contribution in [2.24, 2.45) is 0 Å². The molecule has 0 fully saturated rings. The molecule has 3 aromatic rings. The standard InChI is InChI=1S/C20H18N4O3/c1-13-6-8-15(9-7-13)22-18(25)17-10-11-21-20(24-17)23-16-5-3-4-14(12-16)19(26)27-2/h3-12H,1-2H3,(H,22,25)(H,21,23,24). The summed E-state index contributed by atoms with van der Waals surface area (Å²) < 4.78 is 4.71. The Morgan fingerprint density at radius 1 is 1.00 bits per heavy atom. The molecule has 0 bridgehead atoms. The SMILES string of the molecule is COC(=O)c1cccc(Nc2nccc(C(=O)Nc3ccc(C)cc3)n2)c1. The van der Waals surface area contributed by atoms with Crippen LogP contribution in [-0.4, -0.2) is 29.0 Å². The third kappa shape index (κ3) is 4.66. The van der Waals surface area contributed by atoms with Crippen molar-refractivity contribution in [1.82, 2.24) is 9.97 Å². The van der Waals surface area contributed by atoms with Gasteiger partial charge in [0.1, 0.15) is 5.69 Å². The summed E-state index contributed by atoms with van der Waals surface area (Å²) in [5, 5.41) is 5.77. The molecule has 27 heavy (non-hydrogen) atoms. The number of benzene rings is 2. The van der Waals surface area contributed by atoms with E-state index >= 15 is 0 Å². The number of nitrogens with one attached hydrogen (secondary N) is 2. The van der Waals surface area contributed by atoms with E-state index in [1.54, 1.807) is 24.3 Å². The van der Waals surface area contributed by atoms with Crippen molar-refractivity contribution < 1.29 is 14.3 Å². The molecular weight excluding hydrogens is 344 g/mol. The number of hydrogen-bond donors (Lipinski definition) is 2. The summed E-state index contributed by atoms with van der Waals surface area (Å²) in [7, 11) is 1.32. The topological polar surface area (TPSA) is 93.2 Å². The van der Waals surface area contributed by atoms with Crippen LogP contribution in [0.4, 0.5) is 17.3 Å². The van der Waals surface area contributed by atoms with Crippen molar-refractivity contribution >= 4 is 29.2 Å². The molecule has 136 valence electrons. The molecule has 7 heteroatoms. The van der Waals surface area contributed by atoms with Crippen molar-refractivity contribution in [3.63, 3.8) is 0 Å². The van der Waals surface area contributed by atoms with Gasteiger partial charge in [-0.05, 0) is 43.3 Å². The molecule has 2 N–H and O–H groups in total. The molecule has 3 rings (SSSR count). The number of carbonyl (C=O) groups excluding carboxylic acids is 2. The Labute approximate surface area is 156 Å². The summed E-state index contributed by atoms with van der Waals surface area (Å²) in [6, 6.07) is 15.7. The van der Waals surface area contributed by atoms with E-state index in [0.29, 0.717) is 16.9 Å². The number of amides is 1. The van der Waals surface area contributed by atoms with E-state index in [2.05, 4.69) is 20.6 Å². The van der Waals surface area contributed by atoms with Gasteiger partial charge in [0.2, 0.25) is 5.95 Å². The first kappa shape index (κ1) is 18.1. The van der Waals surface area contributed by atoms with Crippen molar-refractivity contribution in [2.75, 3.05) is 17.7 Å². The number of ether oxygens (including phenoxy) is 1. The highest BCUT2D eigenvalue weighted by molar-refractivity contribution is 6.03. The van der Waals surface area contributed by atoms with Gasteiger partial charge >= 0.3 is 5.97 Å². The smallest absolute Gasteiger partial charge is 0.337 e. The fourth-order valence-corrected chi connectivity index (χ4v) is 2.35. The molecule has 0 aliphatic rings. The first-order valence-electron chi connectivity index (χ1n) is 8.21. The van der Waals surface area contributed by atoms with Crippen molar-refractivity contribution in [3.05, 3.63) is 77.6 Å². The fraction of sp³-hybridized carbons (Fsp3) is 0.100. The zero-order valence-corrected chi connectivity index (χ0v) is 14.9. The number of methoxy groups -OCH3 is 1. The second-order valence-corrected chi connectivity index (χ2v) is 5.78. The van der Waals surface area contributed by atoms with E-state index in [-0.39, 0.29) is 17.5 Å². The normalized spacial score (nSPS) is 10.1. The van der Waals surface area contributed by atoms with Gasteiger partial charge < -0.3 is 15.4 Å². The molecule has 0 saturated carbocycles. The molecule has 0 radical (unpaired) electrons. The van der Waals surface area contributed by atoms with Gasteiger partial charge in [-0.15, -0.1) is 0 Å². The number of aryl methyl sites for hydroxylation is 1. The van der Waals surface area contributed by atoms with Crippen molar-refractivity contribution in [2.45, 2.75) is 6.92 Å². The Kier molecular flexibility index (Phi) is 5.41. The molecule has 0 aliphatic heterocycles. The molecule has 0 aliphatic carbocycles. The van der Waals surface area contributed by atoms with Crippen LogP contribution in [0.5, 0.6) is 0 Å². The number of esters is 1. The first-order chi connectivity index (χ1) is 13.0. The van der Waals surface area contributed by atoms with Gasteiger partial charge in [0.25, 0.3) is 5.91 Å². The number of nitrogens with zero attached hydrogens (tertiary/aromatic N) is 2. The second-order valence-electron chi connectivity index (χ2n) is 5.78. The Morgan fingerprint density at radius 2 is 1.78 bits per heavy atom. The third-order valence-electron chi connectivity index (χ3n) is 3.74. The number of hydrogen-bond acceptors (Lipinski definition) is 6. The lowest BCUT2D eigenvalue weighted by Crippen LogP contribution is -2.14. The molecule has 2 aromatic carbocycles. The van der Waals surface area contributed by atoms with Gasteiger partial charge in [-0.1, -0.05) is 23.8 Å². The Balaban J connectivity index is 1.74. The lowest BCUT2D eigenvalue weighted by atomic mass is 10.2. The summed E-state index contributed by atoms with van der Waals surface area (Å²) in [5.41, 5.74) is 3.02. The quantitative estimate of drug-likeness (QED) is 0.674. The van der Waals surface area contributed by atoms with Crippen LogP contribution >= 0.6 is 0 Å². The monoisotopic (exact) mass is 362 g/mol. The molecular formula is C20H18N4O3. The van der Waals surface area contributed by atoms with Gasteiger partial charge in [0.15, 0.2) is 0 Å². The molecule has 0 spiro atoms. The maximum absolute atomic E-state index is 12.4. The maximum atomic E-state index is 12.4. The number of aromatic nitrogens is 2. The van der Waals surface area contributed by atoms with E-state index < -0.39 is 5.97 Å². The Hall–Kier alpha value is -3.74. The largest absolute Gasteiger partial charge is 0.465 e. The van der Waals surface area contributed by atoms with Gasteiger partial charge in [-0.3, -0.25) is 4.79 Å². The van der Waals surface area contributed by atoms with E-state index in [4.69, 9.17) is 4.74 Å². The van der Waals surface area contributed by atoms with Crippen molar-refractivity contribution in [3.8, 4) is 0 Å². The van der Waals surface area contributed by atoms with Gasteiger partial charge in [-0.2, -0.15) is 0 Å². The van der Waals surface area contributed by atoms with Crippen LogP contribution in [0.3, 0.4) is 0 Å². The van der Waals surface area contributed by atoms with E-state index in [0.717, 1.165) is 5.56 Å². The van der Waals surface area contributed by atoms with Crippen LogP contribution in [0, 0.1) is 6.92 Å². The number of rotatable bonds is 5. The Morgan fingerprint density at radius 3 is 2.52 bits per heavy atom. The highest BCUT2D eigenvalue weighted by Crippen LogP contribution is 2.16. The minimum absolute atomic E-state index is 0.220. The Bertz CT molecular complexity index is 971. The molecule has 1 heterocycles. The average molecular weight is 362 g/mol. The van der Waals surface area contributed by atoms with Gasteiger partial charge in [0.05, 0.1) is 12.7 Å². The van der Waals surface area contributed by atoms with E-state index in [1.807, 2.05) is 31.2 Å². The van der Waals surface area contributed by atoms with Crippen LogP contribution in [0.2, 0.25) is 0 Å². The fourth-order valence-electron chi connectivity index (χ4n) is 2.35. The third-order valence-corrected chi connectivity index (χ3v) is 3.74. The molecule has 7 nitrogen and oxygen atoms in total. The van der Waals surface area contributed by atoms with Crippen LogP contribution in [0.25, 0.3) is 0 Å². The second kappa shape index (κ2) is 8.09. The maximum Gasteiger partial charge on any atom is 0.337 e. The summed E-state index contributed by atoms with van der Waals surface area (Å²) in [4.78, 5) is 32.4. The zero-order valence-electron chi connectivity index (χ0n) is 14.9.